The average molecular weight is 333 g/mol. The fourth-order valence-corrected chi connectivity index (χ4v) is 2.78. The number of hydrogen-bond donors (Lipinski definition) is 2. The van der Waals surface area contributed by atoms with Crippen molar-refractivity contribution in [2.45, 2.75) is 19.4 Å². The van der Waals surface area contributed by atoms with E-state index in [4.69, 9.17) is 0 Å². The van der Waals surface area contributed by atoms with Crippen LogP contribution in [0.4, 0.5) is 5.69 Å². The SMILES string of the molecule is CC(=O)N[C@H](CC(=O)Nc1cccc2ncccc12)c1ccccc1. The summed E-state index contributed by atoms with van der Waals surface area (Å²) in [6, 6.07) is 18.5. The molecule has 0 fully saturated rings. The van der Waals surface area contributed by atoms with Crippen LogP contribution in [0.25, 0.3) is 10.9 Å². The molecule has 2 N–H and O–H groups in total. The molecule has 25 heavy (non-hydrogen) atoms. The van der Waals surface area contributed by atoms with Gasteiger partial charge in [0.2, 0.25) is 11.8 Å². The molecule has 5 heteroatoms. The Balaban J connectivity index is 1.78. The summed E-state index contributed by atoms with van der Waals surface area (Å²) in [6.07, 6.45) is 1.87. The highest BCUT2D eigenvalue weighted by Gasteiger charge is 2.17. The molecule has 1 atom stereocenters. The number of amides is 2. The number of nitrogens with zero attached hydrogens (tertiary/aromatic N) is 1. The number of nitrogens with one attached hydrogen (secondary N) is 2. The lowest BCUT2D eigenvalue weighted by Gasteiger charge is -2.18. The minimum Gasteiger partial charge on any atom is -0.349 e. The van der Waals surface area contributed by atoms with Gasteiger partial charge < -0.3 is 10.6 Å². The molecule has 0 unspecified atom stereocenters. The first-order valence-corrected chi connectivity index (χ1v) is 8.09. The number of pyridine rings is 1. The molecule has 0 saturated carbocycles. The van der Waals surface area contributed by atoms with Gasteiger partial charge in [-0.15, -0.1) is 0 Å². The van der Waals surface area contributed by atoms with Crippen LogP contribution in [0.15, 0.2) is 66.9 Å². The molecule has 0 aliphatic rings. The molecule has 3 rings (SSSR count). The van der Waals surface area contributed by atoms with E-state index in [0.29, 0.717) is 5.69 Å². The molecule has 1 aromatic heterocycles. The Bertz CT molecular complexity index is 888. The smallest absolute Gasteiger partial charge is 0.226 e. The minimum absolute atomic E-state index is 0.153. The molecular formula is C20H19N3O2. The van der Waals surface area contributed by atoms with Gasteiger partial charge in [0, 0.05) is 18.5 Å². The summed E-state index contributed by atoms with van der Waals surface area (Å²) >= 11 is 0. The van der Waals surface area contributed by atoms with Crippen molar-refractivity contribution in [1.82, 2.24) is 10.3 Å². The quantitative estimate of drug-likeness (QED) is 0.751. The van der Waals surface area contributed by atoms with Crippen molar-refractivity contribution in [3.05, 3.63) is 72.4 Å². The van der Waals surface area contributed by atoms with E-state index in [1.807, 2.05) is 60.7 Å². The summed E-state index contributed by atoms with van der Waals surface area (Å²) in [6.45, 7) is 1.45. The van der Waals surface area contributed by atoms with Crippen LogP contribution in [0.2, 0.25) is 0 Å². The van der Waals surface area contributed by atoms with Crippen molar-refractivity contribution in [3.8, 4) is 0 Å². The maximum atomic E-state index is 12.5. The van der Waals surface area contributed by atoms with E-state index in [-0.39, 0.29) is 24.3 Å². The van der Waals surface area contributed by atoms with E-state index in [2.05, 4.69) is 15.6 Å². The number of benzene rings is 2. The van der Waals surface area contributed by atoms with Crippen LogP contribution in [0, 0.1) is 0 Å². The Kier molecular flexibility index (Phi) is 5.04. The van der Waals surface area contributed by atoms with Gasteiger partial charge in [-0.2, -0.15) is 0 Å². The zero-order valence-electron chi connectivity index (χ0n) is 13.9. The first-order valence-electron chi connectivity index (χ1n) is 8.09. The third kappa shape index (κ3) is 4.20. The zero-order chi connectivity index (χ0) is 17.6. The Morgan fingerprint density at radius 2 is 1.80 bits per heavy atom. The Labute approximate surface area is 146 Å². The lowest BCUT2D eigenvalue weighted by atomic mass is 10.0. The molecule has 126 valence electrons. The first kappa shape index (κ1) is 16.6. The molecule has 0 radical (unpaired) electrons. The third-order valence-electron chi connectivity index (χ3n) is 3.89. The third-order valence-corrected chi connectivity index (χ3v) is 3.89. The lowest BCUT2D eigenvalue weighted by molar-refractivity contribution is -0.120. The van der Waals surface area contributed by atoms with Crippen LogP contribution < -0.4 is 10.6 Å². The second kappa shape index (κ2) is 7.57. The van der Waals surface area contributed by atoms with E-state index >= 15 is 0 Å². The predicted octanol–water partition coefficient (Wildman–Crippen LogP) is 3.44. The van der Waals surface area contributed by atoms with Crippen LogP contribution in [-0.4, -0.2) is 16.8 Å². The van der Waals surface area contributed by atoms with Gasteiger partial charge in [0.25, 0.3) is 0 Å². The molecule has 5 nitrogen and oxygen atoms in total. The zero-order valence-corrected chi connectivity index (χ0v) is 13.9. The van der Waals surface area contributed by atoms with Gasteiger partial charge in [-0.3, -0.25) is 14.6 Å². The summed E-state index contributed by atoms with van der Waals surface area (Å²) in [4.78, 5) is 28.3. The molecule has 3 aromatic rings. The number of carbonyl (C=O) groups excluding carboxylic acids is 2. The van der Waals surface area contributed by atoms with Gasteiger partial charge >= 0.3 is 0 Å². The average Bonchev–Trinajstić information content (AvgIpc) is 2.62. The van der Waals surface area contributed by atoms with E-state index in [9.17, 15) is 9.59 Å². The lowest BCUT2D eigenvalue weighted by Crippen LogP contribution is -2.29. The number of fused-ring (bicyclic) bond motifs is 1. The van der Waals surface area contributed by atoms with Crippen molar-refractivity contribution in [2.24, 2.45) is 0 Å². The number of hydrogen-bond acceptors (Lipinski definition) is 3. The van der Waals surface area contributed by atoms with E-state index < -0.39 is 0 Å². The minimum atomic E-state index is -0.369. The van der Waals surface area contributed by atoms with Crippen molar-refractivity contribution in [1.29, 1.82) is 0 Å². The number of aromatic nitrogens is 1. The molecule has 2 amide bonds. The van der Waals surface area contributed by atoms with Gasteiger partial charge in [-0.1, -0.05) is 36.4 Å². The van der Waals surface area contributed by atoms with Gasteiger partial charge in [-0.25, -0.2) is 0 Å². The van der Waals surface area contributed by atoms with Crippen molar-refractivity contribution in [2.75, 3.05) is 5.32 Å². The summed E-state index contributed by atoms with van der Waals surface area (Å²) in [5, 5.41) is 6.65. The molecule has 1 heterocycles. The van der Waals surface area contributed by atoms with Crippen LogP contribution in [0.5, 0.6) is 0 Å². The van der Waals surface area contributed by atoms with Crippen molar-refractivity contribution >= 4 is 28.4 Å². The maximum Gasteiger partial charge on any atom is 0.226 e. The van der Waals surface area contributed by atoms with Crippen molar-refractivity contribution in [3.63, 3.8) is 0 Å². The van der Waals surface area contributed by atoms with Gasteiger partial charge in [0.05, 0.1) is 23.7 Å². The molecule has 0 bridgehead atoms. The molecule has 0 saturated heterocycles. The summed E-state index contributed by atoms with van der Waals surface area (Å²) in [7, 11) is 0. The first-order chi connectivity index (χ1) is 12.1. The number of rotatable bonds is 5. The van der Waals surface area contributed by atoms with Crippen LogP contribution >= 0.6 is 0 Å². The van der Waals surface area contributed by atoms with Gasteiger partial charge in [0.1, 0.15) is 0 Å². The van der Waals surface area contributed by atoms with E-state index in [0.717, 1.165) is 16.5 Å². The van der Waals surface area contributed by atoms with Crippen LogP contribution in [-0.2, 0) is 9.59 Å². The number of carbonyl (C=O) groups is 2. The predicted molar refractivity (Wildman–Crippen MR) is 98.0 cm³/mol. The monoisotopic (exact) mass is 333 g/mol. The summed E-state index contributed by atoms with van der Waals surface area (Å²) in [5.41, 5.74) is 2.43. The van der Waals surface area contributed by atoms with E-state index in [1.165, 1.54) is 6.92 Å². The molecule has 0 aliphatic heterocycles. The second-order valence-corrected chi connectivity index (χ2v) is 5.79. The Morgan fingerprint density at radius 1 is 1.00 bits per heavy atom. The topological polar surface area (TPSA) is 71.1 Å². The fourth-order valence-electron chi connectivity index (χ4n) is 2.78. The normalized spacial score (nSPS) is 11.7. The van der Waals surface area contributed by atoms with Crippen LogP contribution in [0.3, 0.4) is 0 Å². The van der Waals surface area contributed by atoms with Crippen LogP contribution in [0.1, 0.15) is 24.9 Å². The highest BCUT2D eigenvalue weighted by molar-refractivity contribution is 6.01. The molecule has 2 aromatic carbocycles. The largest absolute Gasteiger partial charge is 0.349 e. The summed E-state index contributed by atoms with van der Waals surface area (Å²) in [5.74, 6) is -0.338. The highest BCUT2D eigenvalue weighted by Crippen LogP contribution is 2.23. The van der Waals surface area contributed by atoms with Crippen molar-refractivity contribution < 1.29 is 9.59 Å². The number of anilines is 1. The highest BCUT2D eigenvalue weighted by atomic mass is 16.2. The maximum absolute atomic E-state index is 12.5. The molecule has 0 spiro atoms. The van der Waals surface area contributed by atoms with Gasteiger partial charge in [0.15, 0.2) is 0 Å². The molecule has 0 aliphatic carbocycles. The van der Waals surface area contributed by atoms with Gasteiger partial charge in [-0.05, 0) is 29.8 Å². The Morgan fingerprint density at radius 3 is 2.56 bits per heavy atom. The van der Waals surface area contributed by atoms with E-state index in [1.54, 1.807) is 6.20 Å². The summed E-state index contributed by atoms with van der Waals surface area (Å²) < 4.78 is 0. The standard InChI is InChI=1S/C20H19N3O2/c1-14(24)22-19(15-7-3-2-4-8-15)13-20(25)23-18-11-5-10-17-16(18)9-6-12-21-17/h2-12,19H,13H2,1H3,(H,22,24)(H,23,25)/t19-/m1/s1. The molecular weight excluding hydrogens is 314 g/mol. The second-order valence-electron chi connectivity index (χ2n) is 5.79. The fraction of sp³-hybridized carbons (Fsp3) is 0.150. The Hall–Kier alpha value is -3.21.